The number of esters is 4. The van der Waals surface area contributed by atoms with Crippen molar-refractivity contribution in [3.63, 3.8) is 0 Å². The number of amides is 1. The minimum absolute atomic E-state index is 0.270. The Balaban J connectivity index is 6.17. The molecule has 0 saturated carbocycles. The molecule has 174 valence electrons. The fourth-order valence-corrected chi connectivity index (χ4v) is 2.47. The van der Waals surface area contributed by atoms with Crippen molar-refractivity contribution >= 4 is 29.8 Å². The van der Waals surface area contributed by atoms with Gasteiger partial charge >= 0.3 is 23.9 Å². The van der Waals surface area contributed by atoms with E-state index in [2.05, 4.69) is 15.3 Å². The number of aliphatic hydroxyl groups excluding tert-OH is 1. The molecule has 31 heavy (non-hydrogen) atoms. The van der Waals surface area contributed by atoms with Crippen molar-refractivity contribution < 1.29 is 48.0 Å². The van der Waals surface area contributed by atoms with E-state index in [-0.39, 0.29) is 6.61 Å². The largest absolute Gasteiger partial charge is 0.465 e. The lowest BCUT2D eigenvalue weighted by molar-refractivity contribution is -0.197. The van der Waals surface area contributed by atoms with Crippen molar-refractivity contribution in [1.29, 1.82) is 0 Å². The van der Waals surface area contributed by atoms with Crippen LogP contribution in [-0.2, 0) is 42.9 Å². The lowest BCUT2D eigenvalue weighted by Gasteiger charge is -2.36. The molecule has 0 aliphatic heterocycles. The molecule has 0 saturated heterocycles. The molecule has 0 spiro atoms. The fraction of sp³-hybridized carbons (Fsp3) is 0.706. The highest BCUT2D eigenvalue weighted by Gasteiger charge is 2.43. The van der Waals surface area contributed by atoms with E-state index in [0.717, 1.165) is 27.7 Å². The first-order valence-corrected chi connectivity index (χ1v) is 9.02. The van der Waals surface area contributed by atoms with Crippen molar-refractivity contribution in [3.8, 4) is 0 Å². The molecular formula is C17H26N4O10. The second-order valence-corrected chi connectivity index (χ2v) is 6.41. The molecule has 0 heterocycles. The summed E-state index contributed by atoms with van der Waals surface area (Å²) in [7, 11) is 0. The molecule has 14 heteroatoms. The Bertz CT molecular complexity index is 722. The number of carbonyl (C=O) groups is 5. The molecule has 0 aromatic carbocycles. The van der Waals surface area contributed by atoms with Crippen LogP contribution in [0.25, 0.3) is 10.4 Å². The maximum absolute atomic E-state index is 12.1. The van der Waals surface area contributed by atoms with Gasteiger partial charge in [-0.1, -0.05) is 12.0 Å². The first kappa shape index (κ1) is 27.6. The van der Waals surface area contributed by atoms with E-state index in [9.17, 15) is 29.1 Å². The van der Waals surface area contributed by atoms with Gasteiger partial charge in [-0.05, 0) is 5.53 Å². The Labute approximate surface area is 177 Å². The topological polar surface area (TPSA) is 203 Å². The van der Waals surface area contributed by atoms with Crippen LogP contribution in [0.2, 0.25) is 0 Å². The van der Waals surface area contributed by atoms with Crippen molar-refractivity contribution in [2.24, 2.45) is 11.0 Å². The first-order chi connectivity index (χ1) is 14.4. The molecule has 5 unspecified atom stereocenters. The molecule has 0 rings (SSSR count). The summed E-state index contributed by atoms with van der Waals surface area (Å²) in [5.74, 6) is -4.96. The Morgan fingerprint density at radius 3 is 1.90 bits per heavy atom. The standard InChI is InChI=1S/C17H26N4O10/c1-8(7-28-9(2)22)15(29-10(3)23)16(30-11(4)24)14(17(27)31-12(5)25)20-13(26)6-19-21-18/h8,14-17,27H,6-7H2,1-5H3,(H,20,26). The van der Waals surface area contributed by atoms with Gasteiger partial charge in [0.25, 0.3) is 0 Å². The van der Waals surface area contributed by atoms with Gasteiger partial charge in [-0.3, -0.25) is 24.0 Å². The Morgan fingerprint density at radius 1 is 0.935 bits per heavy atom. The summed E-state index contributed by atoms with van der Waals surface area (Å²) in [6, 6.07) is -1.64. The molecule has 5 atom stereocenters. The SMILES string of the molecule is CC(=O)OCC(C)C(OC(C)=O)C(OC(C)=O)C(NC(=O)CN=[N+]=[N-])C(O)OC(C)=O. The van der Waals surface area contributed by atoms with Crippen molar-refractivity contribution in [1.82, 2.24) is 5.32 Å². The van der Waals surface area contributed by atoms with Gasteiger partial charge in [-0.25, -0.2) is 0 Å². The summed E-state index contributed by atoms with van der Waals surface area (Å²) in [4.78, 5) is 60.3. The predicted octanol–water partition coefficient (Wildman–Crippen LogP) is -0.274. The maximum atomic E-state index is 12.1. The van der Waals surface area contributed by atoms with Crippen molar-refractivity contribution in [2.45, 2.75) is 59.2 Å². The molecule has 0 aromatic heterocycles. The number of hydrogen-bond donors (Lipinski definition) is 2. The van der Waals surface area contributed by atoms with E-state index in [4.69, 9.17) is 24.5 Å². The van der Waals surface area contributed by atoms with Crippen molar-refractivity contribution in [2.75, 3.05) is 13.2 Å². The second-order valence-electron chi connectivity index (χ2n) is 6.41. The van der Waals surface area contributed by atoms with Crippen LogP contribution in [0.5, 0.6) is 0 Å². The summed E-state index contributed by atoms with van der Waals surface area (Å²) in [6.07, 6.45) is -4.98. The number of ether oxygens (including phenoxy) is 4. The van der Waals surface area contributed by atoms with E-state index < -0.39 is 66.8 Å². The van der Waals surface area contributed by atoms with Gasteiger partial charge in [-0.2, -0.15) is 0 Å². The zero-order valence-corrected chi connectivity index (χ0v) is 17.8. The average Bonchev–Trinajstić information content (AvgIpc) is 2.64. The van der Waals surface area contributed by atoms with Crippen LogP contribution in [0.1, 0.15) is 34.6 Å². The van der Waals surface area contributed by atoms with Crippen LogP contribution >= 0.6 is 0 Å². The van der Waals surface area contributed by atoms with E-state index in [1.165, 1.54) is 6.92 Å². The van der Waals surface area contributed by atoms with E-state index >= 15 is 0 Å². The zero-order valence-electron chi connectivity index (χ0n) is 17.8. The van der Waals surface area contributed by atoms with Gasteiger partial charge in [-0.15, -0.1) is 0 Å². The molecule has 0 aliphatic carbocycles. The highest BCUT2D eigenvalue weighted by atomic mass is 16.6. The van der Waals surface area contributed by atoms with Gasteiger partial charge in [0.2, 0.25) is 12.2 Å². The number of aliphatic hydroxyl groups is 1. The Morgan fingerprint density at radius 2 is 1.45 bits per heavy atom. The zero-order chi connectivity index (χ0) is 24.1. The number of azide groups is 1. The van der Waals surface area contributed by atoms with E-state index in [1.807, 2.05) is 0 Å². The van der Waals surface area contributed by atoms with Crippen LogP contribution in [-0.4, -0.2) is 72.6 Å². The maximum Gasteiger partial charge on any atom is 0.305 e. The normalized spacial score (nSPS) is 15.0. The third-order valence-electron chi connectivity index (χ3n) is 3.59. The van der Waals surface area contributed by atoms with Gasteiger partial charge < -0.3 is 29.4 Å². The Hall–Kier alpha value is -3.38. The van der Waals surface area contributed by atoms with E-state index in [0.29, 0.717) is 0 Å². The minimum Gasteiger partial charge on any atom is -0.465 e. The smallest absolute Gasteiger partial charge is 0.305 e. The summed E-state index contributed by atoms with van der Waals surface area (Å²) >= 11 is 0. The fourth-order valence-electron chi connectivity index (χ4n) is 2.47. The van der Waals surface area contributed by atoms with Crippen LogP contribution in [0.15, 0.2) is 5.11 Å². The van der Waals surface area contributed by atoms with Crippen LogP contribution in [0, 0.1) is 5.92 Å². The number of nitrogens with one attached hydrogen (secondary N) is 1. The van der Waals surface area contributed by atoms with Gasteiger partial charge in [0, 0.05) is 38.5 Å². The number of rotatable bonds is 12. The second kappa shape index (κ2) is 13.8. The van der Waals surface area contributed by atoms with Gasteiger partial charge in [0.15, 0.2) is 6.10 Å². The average molecular weight is 446 g/mol. The third-order valence-corrected chi connectivity index (χ3v) is 3.59. The highest BCUT2D eigenvalue weighted by Crippen LogP contribution is 2.22. The number of carbonyl (C=O) groups excluding carboxylic acids is 5. The van der Waals surface area contributed by atoms with Crippen LogP contribution < -0.4 is 5.32 Å². The van der Waals surface area contributed by atoms with Gasteiger partial charge in [0.1, 0.15) is 18.7 Å². The summed E-state index contributed by atoms with van der Waals surface area (Å²) in [5, 5.41) is 15.6. The number of nitrogens with zero attached hydrogens (tertiary/aromatic N) is 3. The monoisotopic (exact) mass is 446 g/mol. The highest BCUT2D eigenvalue weighted by molar-refractivity contribution is 5.78. The van der Waals surface area contributed by atoms with Crippen LogP contribution in [0.4, 0.5) is 0 Å². The molecule has 0 radical (unpaired) electrons. The van der Waals surface area contributed by atoms with E-state index in [1.54, 1.807) is 0 Å². The lowest BCUT2D eigenvalue weighted by Crippen LogP contribution is -2.59. The summed E-state index contributed by atoms with van der Waals surface area (Å²) < 4.78 is 20.0. The lowest BCUT2D eigenvalue weighted by atomic mass is 9.94. The minimum atomic E-state index is -2.05. The Kier molecular flexibility index (Phi) is 12.3. The molecule has 0 aromatic rings. The summed E-state index contributed by atoms with van der Waals surface area (Å²) in [6.45, 7) is 4.75. The third kappa shape index (κ3) is 11.4. The van der Waals surface area contributed by atoms with Gasteiger partial charge in [0.05, 0.1) is 6.61 Å². The summed E-state index contributed by atoms with van der Waals surface area (Å²) in [5.41, 5.74) is 8.36. The predicted molar refractivity (Wildman–Crippen MR) is 101 cm³/mol. The molecule has 2 N–H and O–H groups in total. The van der Waals surface area contributed by atoms with Crippen LogP contribution in [0.3, 0.4) is 0 Å². The quantitative estimate of drug-likeness (QED) is 0.100. The first-order valence-electron chi connectivity index (χ1n) is 9.02. The molecule has 0 aliphatic rings. The molecule has 0 bridgehead atoms. The molecule has 14 nitrogen and oxygen atoms in total. The molecule has 1 amide bonds. The molecule has 0 fully saturated rings. The number of hydrogen-bond acceptors (Lipinski definition) is 11. The molecular weight excluding hydrogens is 420 g/mol. The van der Waals surface area contributed by atoms with Crippen molar-refractivity contribution in [3.05, 3.63) is 10.4 Å².